The molecule has 2 atom stereocenters. The summed E-state index contributed by atoms with van der Waals surface area (Å²) in [6.07, 6.45) is 5.10. The maximum Gasteiger partial charge on any atom is 0.303 e. The number of nitrogens with zero attached hydrogens (tertiary/aromatic N) is 2. The summed E-state index contributed by atoms with van der Waals surface area (Å²) in [5, 5.41) is 12.9. The van der Waals surface area contributed by atoms with Gasteiger partial charge in [0.1, 0.15) is 6.04 Å². The first kappa shape index (κ1) is 31.4. The maximum absolute atomic E-state index is 14.0. The highest BCUT2D eigenvalue weighted by molar-refractivity contribution is 6.08. The number of primary amides is 1. The molecule has 0 radical (unpaired) electrons. The Hall–Kier alpha value is -4.14. The van der Waals surface area contributed by atoms with Crippen LogP contribution in [-0.2, 0) is 20.9 Å². The quantitative estimate of drug-likeness (QED) is 0.219. The molecule has 0 saturated carbocycles. The van der Waals surface area contributed by atoms with E-state index in [0.29, 0.717) is 31.5 Å². The Bertz CT molecular complexity index is 1320. The Morgan fingerprint density at radius 3 is 2.32 bits per heavy atom. The van der Waals surface area contributed by atoms with Crippen molar-refractivity contribution in [2.24, 2.45) is 5.73 Å². The fraction of sp³-hybridized carbons (Fsp3) is 0.438. The highest BCUT2D eigenvalue weighted by Gasteiger charge is 2.31. The highest BCUT2D eigenvalue weighted by Crippen LogP contribution is 2.24. The van der Waals surface area contributed by atoms with Crippen LogP contribution in [0.15, 0.2) is 60.8 Å². The number of unbranched alkanes of at least 4 members (excludes halogenated alkanes) is 1. The molecule has 0 saturated heterocycles. The highest BCUT2D eigenvalue weighted by atomic mass is 16.4. The monoisotopic (exact) mass is 562 g/mol. The molecule has 3 aromatic rings. The minimum atomic E-state index is -0.966. The van der Waals surface area contributed by atoms with Crippen LogP contribution in [0.2, 0.25) is 0 Å². The number of carbonyl (C=O) groups excluding carboxylic acids is 3. The number of para-hydroxylation sites is 1. The number of nitrogens with two attached hydrogens (primary N) is 1. The molecule has 0 aliphatic rings. The maximum atomic E-state index is 14.0. The molecule has 1 aromatic heterocycles. The molecule has 3 rings (SSSR count). The van der Waals surface area contributed by atoms with Gasteiger partial charge in [0.05, 0.1) is 5.56 Å². The van der Waals surface area contributed by atoms with Crippen molar-refractivity contribution in [3.05, 3.63) is 71.9 Å². The zero-order chi connectivity index (χ0) is 29.8. The summed E-state index contributed by atoms with van der Waals surface area (Å²) >= 11 is 0. The standard InChI is InChI=1S/C32H42N4O5/c1-3-5-14-24(20-29(33)37)36(19-4-2)32(41)27(16-11-18-30(38)39)34-31(40)26-22-35(21-23-12-7-6-8-13-23)28-17-10-9-15-25(26)28/h6-10,12-13,15,17,22,24,27H,3-5,11,14,16,18-21H2,1-2H3,(H2,33,37)(H,34,40)(H,38,39)/t24-,27-/m0/s1. The summed E-state index contributed by atoms with van der Waals surface area (Å²) in [6.45, 7) is 4.96. The van der Waals surface area contributed by atoms with Crippen molar-refractivity contribution in [2.75, 3.05) is 6.54 Å². The van der Waals surface area contributed by atoms with Crippen LogP contribution in [0.3, 0.4) is 0 Å². The molecule has 41 heavy (non-hydrogen) atoms. The van der Waals surface area contributed by atoms with Gasteiger partial charge in [-0.25, -0.2) is 0 Å². The van der Waals surface area contributed by atoms with E-state index < -0.39 is 23.8 Å². The lowest BCUT2D eigenvalue weighted by atomic mass is 10.0. The van der Waals surface area contributed by atoms with E-state index in [2.05, 4.69) is 5.32 Å². The second kappa shape index (κ2) is 15.6. The van der Waals surface area contributed by atoms with E-state index in [9.17, 15) is 24.3 Å². The van der Waals surface area contributed by atoms with Crippen LogP contribution in [0.25, 0.3) is 10.9 Å². The van der Waals surface area contributed by atoms with Crippen molar-refractivity contribution in [1.82, 2.24) is 14.8 Å². The van der Waals surface area contributed by atoms with Gasteiger partial charge < -0.3 is 25.6 Å². The first-order valence-electron chi connectivity index (χ1n) is 14.5. The van der Waals surface area contributed by atoms with E-state index in [-0.39, 0.29) is 37.6 Å². The molecule has 2 aromatic carbocycles. The average molecular weight is 563 g/mol. The van der Waals surface area contributed by atoms with Crippen LogP contribution in [0, 0.1) is 0 Å². The van der Waals surface area contributed by atoms with Crippen LogP contribution in [0.1, 0.15) is 81.1 Å². The van der Waals surface area contributed by atoms with E-state index in [0.717, 1.165) is 29.3 Å². The minimum Gasteiger partial charge on any atom is -0.481 e. The van der Waals surface area contributed by atoms with Crippen molar-refractivity contribution in [3.63, 3.8) is 0 Å². The van der Waals surface area contributed by atoms with Gasteiger partial charge in [0, 0.05) is 49.1 Å². The molecule has 0 unspecified atom stereocenters. The first-order valence-corrected chi connectivity index (χ1v) is 14.5. The van der Waals surface area contributed by atoms with E-state index >= 15 is 0 Å². The number of rotatable bonds is 17. The summed E-state index contributed by atoms with van der Waals surface area (Å²) in [5.74, 6) is -2.18. The van der Waals surface area contributed by atoms with Crippen molar-refractivity contribution < 1.29 is 24.3 Å². The predicted molar refractivity (Wildman–Crippen MR) is 159 cm³/mol. The number of nitrogens with one attached hydrogen (secondary N) is 1. The van der Waals surface area contributed by atoms with Crippen molar-refractivity contribution in [3.8, 4) is 0 Å². The normalized spacial score (nSPS) is 12.5. The molecule has 0 fully saturated rings. The number of fused-ring (bicyclic) bond motifs is 1. The number of carbonyl (C=O) groups is 4. The van der Waals surface area contributed by atoms with Crippen LogP contribution < -0.4 is 11.1 Å². The topological polar surface area (TPSA) is 135 Å². The van der Waals surface area contributed by atoms with Gasteiger partial charge in [-0.05, 0) is 37.3 Å². The Kier molecular flexibility index (Phi) is 11.9. The number of benzene rings is 2. The Morgan fingerprint density at radius 1 is 0.951 bits per heavy atom. The lowest BCUT2D eigenvalue weighted by Gasteiger charge is -2.34. The molecular weight excluding hydrogens is 520 g/mol. The SMILES string of the molecule is CCCC[C@@H](CC(N)=O)N(CCC)C(=O)[C@H](CCCC(=O)O)NC(=O)c1cn(Cc2ccccc2)c2ccccc12. The number of hydrogen-bond acceptors (Lipinski definition) is 4. The first-order chi connectivity index (χ1) is 19.7. The van der Waals surface area contributed by atoms with Gasteiger partial charge in [-0.2, -0.15) is 0 Å². The van der Waals surface area contributed by atoms with Gasteiger partial charge >= 0.3 is 5.97 Å². The summed E-state index contributed by atoms with van der Waals surface area (Å²) < 4.78 is 2.01. The smallest absolute Gasteiger partial charge is 0.303 e. The van der Waals surface area contributed by atoms with Gasteiger partial charge in [-0.15, -0.1) is 0 Å². The van der Waals surface area contributed by atoms with Crippen LogP contribution in [0.4, 0.5) is 0 Å². The summed E-state index contributed by atoms with van der Waals surface area (Å²) in [7, 11) is 0. The number of aliphatic carboxylic acids is 1. The molecule has 0 aliphatic carbocycles. The predicted octanol–water partition coefficient (Wildman–Crippen LogP) is 4.72. The zero-order valence-corrected chi connectivity index (χ0v) is 24.1. The van der Waals surface area contributed by atoms with Gasteiger partial charge in [-0.1, -0.05) is 75.2 Å². The zero-order valence-electron chi connectivity index (χ0n) is 24.1. The van der Waals surface area contributed by atoms with E-state index in [1.807, 2.05) is 73.0 Å². The van der Waals surface area contributed by atoms with Crippen molar-refractivity contribution in [2.45, 2.75) is 83.8 Å². The number of carboxylic acid groups (broad SMARTS) is 1. The van der Waals surface area contributed by atoms with Gasteiger partial charge in [0.25, 0.3) is 5.91 Å². The van der Waals surface area contributed by atoms with Gasteiger partial charge in [-0.3, -0.25) is 19.2 Å². The fourth-order valence-electron chi connectivity index (χ4n) is 5.24. The summed E-state index contributed by atoms with van der Waals surface area (Å²) in [5.41, 5.74) is 7.96. The van der Waals surface area contributed by atoms with Crippen LogP contribution >= 0.6 is 0 Å². The molecular formula is C32H42N4O5. The number of hydrogen-bond donors (Lipinski definition) is 3. The van der Waals surface area contributed by atoms with Crippen molar-refractivity contribution >= 4 is 34.6 Å². The van der Waals surface area contributed by atoms with E-state index in [1.165, 1.54) is 0 Å². The van der Waals surface area contributed by atoms with Crippen LogP contribution in [-0.4, -0.2) is 56.9 Å². The molecule has 9 heteroatoms. The molecule has 9 nitrogen and oxygen atoms in total. The number of carboxylic acids is 1. The number of aromatic nitrogens is 1. The second-order valence-corrected chi connectivity index (χ2v) is 10.5. The Balaban J connectivity index is 1.92. The molecule has 0 aliphatic heterocycles. The fourth-order valence-corrected chi connectivity index (χ4v) is 5.24. The minimum absolute atomic E-state index is 0.0362. The molecule has 220 valence electrons. The van der Waals surface area contributed by atoms with Crippen LogP contribution in [0.5, 0.6) is 0 Å². The third-order valence-electron chi connectivity index (χ3n) is 7.23. The van der Waals surface area contributed by atoms with E-state index in [1.54, 1.807) is 11.1 Å². The second-order valence-electron chi connectivity index (χ2n) is 10.5. The average Bonchev–Trinajstić information content (AvgIpc) is 3.31. The molecule has 3 amide bonds. The summed E-state index contributed by atoms with van der Waals surface area (Å²) in [4.78, 5) is 52.5. The molecule has 0 bridgehead atoms. The molecule has 1 heterocycles. The molecule has 4 N–H and O–H groups in total. The van der Waals surface area contributed by atoms with E-state index in [4.69, 9.17) is 5.73 Å². The third kappa shape index (κ3) is 8.93. The van der Waals surface area contributed by atoms with Crippen molar-refractivity contribution in [1.29, 1.82) is 0 Å². The number of amides is 3. The lowest BCUT2D eigenvalue weighted by molar-refractivity contribution is -0.139. The Labute approximate surface area is 241 Å². The summed E-state index contributed by atoms with van der Waals surface area (Å²) in [6, 6.07) is 16.2. The lowest BCUT2D eigenvalue weighted by Crippen LogP contribution is -2.53. The molecule has 0 spiro atoms. The van der Waals surface area contributed by atoms with Gasteiger partial charge in [0.2, 0.25) is 11.8 Å². The Morgan fingerprint density at radius 2 is 1.66 bits per heavy atom. The van der Waals surface area contributed by atoms with Gasteiger partial charge in [0.15, 0.2) is 0 Å². The largest absolute Gasteiger partial charge is 0.481 e. The third-order valence-corrected chi connectivity index (χ3v) is 7.23.